The summed E-state index contributed by atoms with van der Waals surface area (Å²) in [6.45, 7) is 4.27. The maximum atomic E-state index is 13.1. The number of carbonyl (C=O) groups is 2. The number of para-hydroxylation sites is 2. The van der Waals surface area contributed by atoms with Gasteiger partial charge in [-0.05, 0) is 43.2 Å². The van der Waals surface area contributed by atoms with Crippen LogP contribution in [0.25, 0.3) is 11.0 Å². The molecule has 0 unspecified atom stereocenters. The number of nitrogens with zero attached hydrogens (tertiary/aromatic N) is 2. The number of aliphatic hydroxyl groups is 1. The summed E-state index contributed by atoms with van der Waals surface area (Å²) in [7, 11) is 1.64. The summed E-state index contributed by atoms with van der Waals surface area (Å²) < 4.78 is 0. The Morgan fingerprint density at radius 2 is 1.79 bits per heavy atom. The lowest BCUT2D eigenvalue weighted by atomic mass is 9.81. The van der Waals surface area contributed by atoms with Crippen molar-refractivity contribution in [2.45, 2.75) is 83.8 Å². The highest BCUT2D eigenvalue weighted by atomic mass is 16.3. The zero-order valence-corrected chi connectivity index (χ0v) is 20.8. The molecule has 0 bridgehead atoms. The van der Waals surface area contributed by atoms with Crippen LogP contribution in [0.3, 0.4) is 0 Å². The molecule has 34 heavy (non-hydrogen) atoms. The highest BCUT2D eigenvalue weighted by molar-refractivity contribution is 5.94. The summed E-state index contributed by atoms with van der Waals surface area (Å²) in [5, 5.41) is 17.0. The van der Waals surface area contributed by atoms with Crippen LogP contribution < -0.4 is 10.6 Å². The highest BCUT2D eigenvalue weighted by Gasteiger charge is 2.30. The largest absolute Gasteiger partial charge is 0.391 e. The number of fused-ring (bicyclic) bond motifs is 1. The fraction of sp³-hybridized carbons (Fsp3) is 0.630. The van der Waals surface area contributed by atoms with Gasteiger partial charge in [-0.3, -0.25) is 14.6 Å². The van der Waals surface area contributed by atoms with Gasteiger partial charge in [0.25, 0.3) is 5.91 Å². The molecule has 0 radical (unpaired) electrons. The fourth-order valence-electron chi connectivity index (χ4n) is 4.95. The zero-order chi connectivity index (χ0) is 24.5. The molecular weight excluding hydrogens is 428 g/mol. The normalized spacial score (nSPS) is 17.3. The van der Waals surface area contributed by atoms with Crippen molar-refractivity contribution in [3.05, 3.63) is 36.2 Å². The van der Waals surface area contributed by atoms with Gasteiger partial charge in [-0.25, -0.2) is 4.98 Å². The van der Waals surface area contributed by atoms with E-state index in [0.29, 0.717) is 36.6 Å². The Balaban J connectivity index is 1.75. The lowest BCUT2D eigenvalue weighted by molar-refractivity contribution is -0.126. The molecule has 0 spiro atoms. The third-order valence-corrected chi connectivity index (χ3v) is 7.01. The van der Waals surface area contributed by atoms with Gasteiger partial charge in [0.2, 0.25) is 5.91 Å². The average Bonchev–Trinajstić information content (AvgIpc) is 2.85. The number of benzene rings is 1. The van der Waals surface area contributed by atoms with Gasteiger partial charge >= 0.3 is 0 Å². The molecule has 3 N–H and O–H groups in total. The Bertz CT molecular complexity index is 942. The van der Waals surface area contributed by atoms with Crippen molar-refractivity contribution in [3.8, 4) is 0 Å². The molecule has 0 aliphatic heterocycles. The number of aromatic nitrogens is 2. The molecule has 3 atom stereocenters. The molecule has 1 aromatic carbocycles. The second-order valence-corrected chi connectivity index (χ2v) is 10.1. The van der Waals surface area contributed by atoms with Crippen LogP contribution in [0.4, 0.5) is 0 Å². The van der Waals surface area contributed by atoms with Crippen molar-refractivity contribution in [2.24, 2.45) is 17.8 Å². The van der Waals surface area contributed by atoms with Crippen LogP contribution >= 0.6 is 0 Å². The maximum Gasteiger partial charge on any atom is 0.271 e. The van der Waals surface area contributed by atoms with Crippen LogP contribution in [0.5, 0.6) is 0 Å². The molecule has 7 heteroatoms. The van der Waals surface area contributed by atoms with Crippen molar-refractivity contribution in [1.29, 1.82) is 0 Å². The number of hydrogen-bond acceptors (Lipinski definition) is 5. The van der Waals surface area contributed by atoms with Crippen molar-refractivity contribution in [2.75, 3.05) is 7.05 Å². The van der Waals surface area contributed by atoms with E-state index < -0.39 is 12.1 Å². The van der Waals surface area contributed by atoms with Gasteiger partial charge < -0.3 is 15.7 Å². The predicted molar refractivity (Wildman–Crippen MR) is 134 cm³/mol. The first-order chi connectivity index (χ1) is 16.4. The van der Waals surface area contributed by atoms with Gasteiger partial charge in [-0.2, -0.15) is 0 Å². The number of rotatable bonds is 11. The van der Waals surface area contributed by atoms with Crippen LogP contribution in [0.2, 0.25) is 0 Å². The molecule has 1 saturated carbocycles. The number of aliphatic hydroxyl groups excluding tert-OH is 1. The van der Waals surface area contributed by atoms with Crippen LogP contribution in [-0.4, -0.2) is 46.1 Å². The average molecular weight is 469 g/mol. The molecule has 0 saturated heterocycles. The third-order valence-electron chi connectivity index (χ3n) is 7.01. The second kappa shape index (κ2) is 12.8. The van der Waals surface area contributed by atoms with Crippen LogP contribution in [0, 0.1) is 17.8 Å². The molecule has 2 amide bonds. The Morgan fingerprint density at radius 1 is 1.09 bits per heavy atom. The Labute approximate surface area is 203 Å². The SMILES string of the molecule is CNC(=O)[C@H](CCC(C)C)C[C@H](O)[C@H](CC1CCCCC1)NC(=O)c1cnc2ccccc2n1. The standard InChI is InChI=1S/C27H40N4O3/c1-18(2)13-14-20(26(33)28-3)16-25(32)23(15-19-9-5-4-6-10-19)31-27(34)24-17-29-21-11-7-8-12-22(21)30-24/h7-8,11-12,17-20,23,25,32H,4-6,9-10,13-16H2,1-3H3,(H,28,33)(H,31,34)/t20-,23+,25+/m1/s1. The molecule has 1 aliphatic rings. The quantitative estimate of drug-likeness (QED) is 0.457. The first kappa shape index (κ1) is 26.1. The van der Waals surface area contributed by atoms with Crippen LogP contribution in [-0.2, 0) is 4.79 Å². The van der Waals surface area contributed by atoms with E-state index >= 15 is 0 Å². The molecule has 186 valence electrons. The smallest absolute Gasteiger partial charge is 0.271 e. The molecule has 1 fully saturated rings. The number of carbonyl (C=O) groups excluding carboxylic acids is 2. The van der Waals surface area contributed by atoms with Crippen molar-refractivity contribution < 1.29 is 14.7 Å². The number of amides is 2. The molecule has 2 aromatic rings. The van der Waals surface area contributed by atoms with Crippen LogP contribution in [0.15, 0.2) is 30.5 Å². The van der Waals surface area contributed by atoms with Gasteiger partial charge in [0.15, 0.2) is 0 Å². The van der Waals surface area contributed by atoms with E-state index in [1.165, 1.54) is 25.5 Å². The Hall–Kier alpha value is -2.54. The van der Waals surface area contributed by atoms with Crippen molar-refractivity contribution in [1.82, 2.24) is 20.6 Å². The van der Waals surface area contributed by atoms with Gasteiger partial charge in [0, 0.05) is 13.0 Å². The van der Waals surface area contributed by atoms with E-state index in [-0.39, 0.29) is 23.4 Å². The van der Waals surface area contributed by atoms with E-state index in [9.17, 15) is 14.7 Å². The van der Waals surface area contributed by atoms with Crippen molar-refractivity contribution in [3.63, 3.8) is 0 Å². The number of hydrogen-bond donors (Lipinski definition) is 3. The van der Waals surface area contributed by atoms with E-state index in [1.807, 2.05) is 24.3 Å². The number of nitrogens with one attached hydrogen (secondary N) is 2. The monoisotopic (exact) mass is 468 g/mol. The molecule has 1 aliphatic carbocycles. The van der Waals surface area contributed by atoms with E-state index in [1.54, 1.807) is 7.05 Å². The lowest BCUT2D eigenvalue weighted by Gasteiger charge is -2.31. The minimum atomic E-state index is -0.811. The molecule has 1 heterocycles. The van der Waals surface area contributed by atoms with Gasteiger partial charge in [0.05, 0.1) is 29.4 Å². The molecule has 1 aromatic heterocycles. The first-order valence-electron chi connectivity index (χ1n) is 12.8. The fourth-order valence-corrected chi connectivity index (χ4v) is 4.95. The van der Waals surface area contributed by atoms with E-state index in [2.05, 4.69) is 34.4 Å². The summed E-state index contributed by atoms with van der Waals surface area (Å²) in [5.41, 5.74) is 1.63. The zero-order valence-electron chi connectivity index (χ0n) is 20.8. The van der Waals surface area contributed by atoms with Gasteiger partial charge in [-0.15, -0.1) is 0 Å². The Kier molecular flexibility index (Phi) is 9.81. The molecular formula is C27H40N4O3. The van der Waals surface area contributed by atoms with Crippen molar-refractivity contribution >= 4 is 22.8 Å². The summed E-state index contributed by atoms with van der Waals surface area (Å²) >= 11 is 0. The minimum absolute atomic E-state index is 0.0529. The Morgan fingerprint density at radius 3 is 2.47 bits per heavy atom. The minimum Gasteiger partial charge on any atom is -0.391 e. The van der Waals surface area contributed by atoms with Gasteiger partial charge in [-0.1, -0.05) is 64.5 Å². The maximum absolute atomic E-state index is 13.1. The third kappa shape index (κ3) is 7.49. The molecule has 7 nitrogen and oxygen atoms in total. The van der Waals surface area contributed by atoms with Crippen LogP contribution in [0.1, 0.15) is 82.1 Å². The summed E-state index contributed by atoms with van der Waals surface area (Å²) in [6, 6.07) is 7.00. The lowest BCUT2D eigenvalue weighted by Crippen LogP contribution is -2.46. The highest BCUT2D eigenvalue weighted by Crippen LogP contribution is 2.29. The molecule has 3 rings (SSSR count). The van der Waals surface area contributed by atoms with E-state index in [4.69, 9.17) is 0 Å². The van der Waals surface area contributed by atoms with Gasteiger partial charge in [0.1, 0.15) is 5.69 Å². The second-order valence-electron chi connectivity index (χ2n) is 10.1. The first-order valence-corrected chi connectivity index (χ1v) is 12.8. The van der Waals surface area contributed by atoms with E-state index in [0.717, 1.165) is 24.8 Å². The summed E-state index contributed by atoms with van der Waals surface area (Å²) in [6.07, 6.45) is 9.18. The summed E-state index contributed by atoms with van der Waals surface area (Å²) in [4.78, 5) is 34.5. The summed E-state index contributed by atoms with van der Waals surface area (Å²) in [5.74, 6) is 0.271. The predicted octanol–water partition coefficient (Wildman–Crippen LogP) is 4.25. The topological polar surface area (TPSA) is 104 Å².